The lowest BCUT2D eigenvalue weighted by atomic mass is 9.87. The van der Waals surface area contributed by atoms with Gasteiger partial charge in [0.1, 0.15) is 17.7 Å². The van der Waals surface area contributed by atoms with E-state index in [1.165, 1.54) is 4.90 Å². The molecule has 4 N–H and O–H groups in total. The smallest absolute Gasteiger partial charge is 0.408 e. The van der Waals surface area contributed by atoms with Gasteiger partial charge in [0.25, 0.3) is 5.91 Å². The highest BCUT2D eigenvalue weighted by molar-refractivity contribution is 6.01. The number of terminal acetylenes is 1. The largest absolute Gasteiger partial charge is 0.444 e. The van der Waals surface area contributed by atoms with Gasteiger partial charge in [-0.3, -0.25) is 14.4 Å². The molecule has 9 heteroatoms. The van der Waals surface area contributed by atoms with Gasteiger partial charge in [0, 0.05) is 17.3 Å². The van der Waals surface area contributed by atoms with Crippen LogP contribution in [0.25, 0.3) is 10.8 Å². The molecule has 3 aromatic rings. The van der Waals surface area contributed by atoms with Crippen LogP contribution in [-0.4, -0.2) is 46.4 Å². The molecule has 1 aliphatic rings. The third-order valence-corrected chi connectivity index (χ3v) is 7.05. The van der Waals surface area contributed by atoms with Gasteiger partial charge >= 0.3 is 6.09 Å². The topological polar surface area (TPSA) is 131 Å². The fraction of sp³-hybridized carbons (Fsp3) is 0.333. The van der Waals surface area contributed by atoms with Gasteiger partial charge in [-0.05, 0) is 80.6 Å². The zero-order chi connectivity index (χ0) is 30.4. The van der Waals surface area contributed by atoms with Gasteiger partial charge in [0.05, 0.1) is 6.42 Å². The van der Waals surface area contributed by atoms with Crippen LogP contribution in [0.3, 0.4) is 0 Å². The average molecular weight is 569 g/mol. The number of ether oxygens (including phenoxy) is 1. The van der Waals surface area contributed by atoms with E-state index in [-0.39, 0.29) is 6.04 Å². The predicted octanol–water partition coefficient (Wildman–Crippen LogP) is 4.65. The van der Waals surface area contributed by atoms with E-state index in [2.05, 4.69) is 16.6 Å². The zero-order valence-electron chi connectivity index (χ0n) is 24.1. The molecule has 0 saturated heterocycles. The summed E-state index contributed by atoms with van der Waals surface area (Å²) in [7, 11) is 0. The number of hydrogen-bond acceptors (Lipinski definition) is 5. The van der Waals surface area contributed by atoms with E-state index in [0.29, 0.717) is 29.7 Å². The first-order valence-corrected chi connectivity index (χ1v) is 13.9. The summed E-state index contributed by atoms with van der Waals surface area (Å²) in [6.45, 7) is 5.06. The number of carbonyl (C=O) groups is 4. The molecule has 3 aromatic carbocycles. The van der Waals surface area contributed by atoms with E-state index < -0.39 is 47.9 Å². The maximum Gasteiger partial charge on any atom is 0.408 e. The number of nitrogens with one attached hydrogen (secondary N) is 2. The van der Waals surface area contributed by atoms with Crippen molar-refractivity contribution in [2.45, 2.75) is 70.2 Å². The third kappa shape index (κ3) is 7.46. The van der Waals surface area contributed by atoms with Crippen molar-refractivity contribution in [3.63, 3.8) is 0 Å². The average Bonchev–Trinajstić information content (AvgIpc) is 2.90. The van der Waals surface area contributed by atoms with Crippen LogP contribution in [0.5, 0.6) is 0 Å². The van der Waals surface area contributed by atoms with Crippen LogP contribution in [0, 0.1) is 12.3 Å². The van der Waals surface area contributed by atoms with Crippen LogP contribution in [-0.2, 0) is 19.1 Å². The molecule has 0 aromatic heterocycles. The van der Waals surface area contributed by atoms with Crippen molar-refractivity contribution in [3.05, 3.63) is 77.9 Å². The number of rotatable bonds is 9. The van der Waals surface area contributed by atoms with Crippen molar-refractivity contribution in [3.8, 4) is 12.3 Å². The van der Waals surface area contributed by atoms with Gasteiger partial charge in [-0.15, -0.1) is 6.42 Å². The summed E-state index contributed by atoms with van der Waals surface area (Å²) in [5.74, 6) is 0.721. The molecule has 0 spiro atoms. The summed E-state index contributed by atoms with van der Waals surface area (Å²) in [5, 5.41) is 7.45. The van der Waals surface area contributed by atoms with Crippen LogP contribution in [0.15, 0.2) is 66.7 Å². The molecule has 42 heavy (non-hydrogen) atoms. The standard InChI is InChI=1S/C33H36N4O5/c1-5-21-13-15-23(16-14-21)29(30(39)35-25-18-17-22-9-6-7-10-24(22)19-25)37(26-11-8-12-26)31(40)27(20-28(34)38)36-32(41)42-33(2,3)4/h1,6-7,9-10,13-19,26-27,29H,8,11-12,20H2,2-4H3,(H2,34,38)(H,35,39)(H,36,41). The Morgan fingerprint density at radius 3 is 2.26 bits per heavy atom. The summed E-state index contributed by atoms with van der Waals surface area (Å²) in [6.07, 6.45) is 6.40. The van der Waals surface area contributed by atoms with Crippen LogP contribution >= 0.6 is 0 Å². The highest BCUT2D eigenvalue weighted by Gasteiger charge is 2.42. The number of benzene rings is 3. The van der Waals surface area contributed by atoms with Crippen molar-refractivity contribution < 1.29 is 23.9 Å². The molecule has 2 atom stereocenters. The number of carbonyl (C=O) groups excluding carboxylic acids is 4. The molecule has 0 aliphatic heterocycles. The molecule has 4 rings (SSSR count). The molecule has 0 radical (unpaired) electrons. The Hall–Kier alpha value is -4.84. The Labute approximate surface area is 245 Å². The Morgan fingerprint density at radius 2 is 1.69 bits per heavy atom. The number of primary amides is 1. The SMILES string of the molecule is C#Cc1ccc(C(C(=O)Nc2ccc3ccccc3c2)N(C(=O)C(CC(N)=O)NC(=O)OC(C)(C)C)C2CCC2)cc1. The van der Waals surface area contributed by atoms with Gasteiger partial charge in [0.15, 0.2) is 0 Å². The van der Waals surface area contributed by atoms with E-state index in [1.807, 2.05) is 36.4 Å². The maximum atomic E-state index is 14.2. The Balaban J connectivity index is 1.73. The van der Waals surface area contributed by atoms with E-state index >= 15 is 0 Å². The minimum Gasteiger partial charge on any atom is -0.444 e. The van der Waals surface area contributed by atoms with Gasteiger partial charge in [0.2, 0.25) is 11.8 Å². The van der Waals surface area contributed by atoms with E-state index in [9.17, 15) is 19.2 Å². The summed E-state index contributed by atoms with van der Waals surface area (Å²) in [6, 6.07) is 17.5. The minimum atomic E-state index is -1.33. The lowest BCUT2D eigenvalue weighted by Gasteiger charge is -2.43. The molecule has 9 nitrogen and oxygen atoms in total. The number of hydrogen-bond donors (Lipinski definition) is 3. The summed E-state index contributed by atoms with van der Waals surface area (Å²) >= 11 is 0. The first kappa shape index (κ1) is 30.1. The maximum absolute atomic E-state index is 14.2. The molecule has 218 valence electrons. The third-order valence-electron chi connectivity index (χ3n) is 7.05. The number of anilines is 1. The molecule has 0 heterocycles. The molecule has 1 aliphatic carbocycles. The van der Waals surface area contributed by atoms with Gasteiger partial charge in [-0.2, -0.15) is 0 Å². The number of fused-ring (bicyclic) bond motifs is 1. The van der Waals surface area contributed by atoms with Crippen molar-refractivity contribution in [1.29, 1.82) is 0 Å². The summed E-state index contributed by atoms with van der Waals surface area (Å²) in [5.41, 5.74) is 6.36. The Morgan fingerprint density at radius 1 is 1.02 bits per heavy atom. The highest BCUT2D eigenvalue weighted by Crippen LogP contribution is 2.35. The number of nitrogens with two attached hydrogens (primary N) is 1. The lowest BCUT2D eigenvalue weighted by molar-refractivity contribution is -0.146. The van der Waals surface area contributed by atoms with E-state index in [1.54, 1.807) is 51.1 Å². The van der Waals surface area contributed by atoms with Crippen molar-refractivity contribution in [2.24, 2.45) is 5.73 Å². The fourth-order valence-corrected chi connectivity index (χ4v) is 4.89. The quantitative estimate of drug-likeness (QED) is 0.324. The molecular weight excluding hydrogens is 532 g/mol. The van der Waals surface area contributed by atoms with Crippen LogP contribution in [0.4, 0.5) is 10.5 Å². The summed E-state index contributed by atoms with van der Waals surface area (Å²) in [4.78, 5) is 54.5. The summed E-state index contributed by atoms with van der Waals surface area (Å²) < 4.78 is 5.34. The highest BCUT2D eigenvalue weighted by atomic mass is 16.6. The second-order valence-electron chi connectivity index (χ2n) is 11.4. The lowest BCUT2D eigenvalue weighted by Crippen LogP contribution is -2.57. The van der Waals surface area contributed by atoms with Crippen molar-refractivity contribution in [2.75, 3.05) is 5.32 Å². The van der Waals surface area contributed by atoms with E-state index in [4.69, 9.17) is 16.9 Å². The molecule has 1 fully saturated rings. The predicted molar refractivity (Wildman–Crippen MR) is 161 cm³/mol. The number of amides is 4. The Kier molecular flexibility index (Phi) is 9.16. The van der Waals surface area contributed by atoms with Crippen LogP contribution in [0.1, 0.15) is 63.6 Å². The first-order chi connectivity index (χ1) is 19.9. The zero-order valence-corrected chi connectivity index (χ0v) is 24.1. The first-order valence-electron chi connectivity index (χ1n) is 13.9. The minimum absolute atomic E-state index is 0.298. The van der Waals surface area contributed by atoms with Crippen LogP contribution < -0.4 is 16.4 Å². The second kappa shape index (κ2) is 12.8. The van der Waals surface area contributed by atoms with Crippen molar-refractivity contribution in [1.82, 2.24) is 10.2 Å². The molecular formula is C33H36N4O5. The monoisotopic (exact) mass is 568 g/mol. The van der Waals surface area contributed by atoms with Gasteiger partial charge in [-0.1, -0.05) is 48.4 Å². The molecule has 1 saturated carbocycles. The van der Waals surface area contributed by atoms with Crippen molar-refractivity contribution >= 4 is 40.3 Å². The molecule has 4 amide bonds. The van der Waals surface area contributed by atoms with Gasteiger partial charge in [-0.25, -0.2) is 4.79 Å². The molecule has 2 unspecified atom stereocenters. The van der Waals surface area contributed by atoms with Crippen LogP contribution in [0.2, 0.25) is 0 Å². The fourth-order valence-electron chi connectivity index (χ4n) is 4.89. The number of nitrogens with zero attached hydrogens (tertiary/aromatic N) is 1. The van der Waals surface area contributed by atoms with Gasteiger partial charge < -0.3 is 26.0 Å². The van der Waals surface area contributed by atoms with E-state index in [0.717, 1.165) is 17.2 Å². The second-order valence-corrected chi connectivity index (χ2v) is 11.4. The normalized spacial score (nSPS) is 14.5. The Bertz CT molecular complexity index is 1520. The number of alkyl carbamates (subject to hydrolysis) is 1. The molecule has 0 bridgehead atoms.